The van der Waals surface area contributed by atoms with Crippen molar-refractivity contribution < 1.29 is 28.7 Å². The molecule has 2 aromatic rings. The fourth-order valence-corrected chi connectivity index (χ4v) is 4.47. The van der Waals surface area contributed by atoms with Crippen LogP contribution in [0, 0.1) is 6.92 Å². The van der Waals surface area contributed by atoms with E-state index in [2.05, 4.69) is 15.4 Å². The van der Waals surface area contributed by atoms with Crippen molar-refractivity contribution in [2.24, 2.45) is 0 Å². The molecular formula is C30H39N3O6. The summed E-state index contributed by atoms with van der Waals surface area (Å²) in [7, 11) is 1.24. The van der Waals surface area contributed by atoms with Crippen molar-refractivity contribution >= 4 is 23.9 Å². The summed E-state index contributed by atoms with van der Waals surface area (Å²) < 4.78 is 10.2. The van der Waals surface area contributed by atoms with E-state index >= 15 is 0 Å². The molecule has 1 fully saturated rings. The van der Waals surface area contributed by atoms with E-state index in [0.717, 1.165) is 30.4 Å². The van der Waals surface area contributed by atoms with Crippen molar-refractivity contribution in [1.82, 2.24) is 15.5 Å². The summed E-state index contributed by atoms with van der Waals surface area (Å²) in [5.41, 5.74) is 1.64. The van der Waals surface area contributed by atoms with E-state index in [9.17, 15) is 19.2 Å². The van der Waals surface area contributed by atoms with Gasteiger partial charge in [0.1, 0.15) is 24.2 Å². The first-order chi connectivity index (χ1) is 18.5. The van der Waals surface area contributed by atoms with Gasteiger partial charge in [-0.2, -0.15) is 0 Å². The van der Waals surface area contributed by atoms with E-state index in [1.54, 1.807) is 31.7 Å². The Morgan fingerprint density at radius 2 is 1.72 bits per heavy atom. The highest BCUT2D eigenvalue weighted by molar-refractivity contribution is 5.93. The van der Waals surface area contributed by atoms with Crippen molar-refractivity contribution in [2.45, 2.75) is 77.1 Å². The van der Waals surface area contributed by atoms with Gasteiger partial charge in [-0.3, -0.25) is 14.4 Å². The number of esters is 1. The molecule has 0 spiro atoms. The smallest absolute Gasteiger partial charge is 0.408 e. The van der Waals surface area contributed by atoms with Gasteiger partial charge in [-0.05, 0) is 58.1 Å². The first-order valence-corrected chi connectivity index (χ1v) is 13.2. The van der Waals surface area contributed by atoms with Crippen molar-refractivity contribution in [3.05, 3.63) is 71.3 Å². The Balaban J connectivity index is 2.02. The third-order valence-corrected chi connectivity index (χ3v) is 6.51. The Kier molecular flexibility index (Phi) is 10.1. The molecule has 1 aliphatic rings. The topological polar surface area (TPSA) is 114 Å². The van der Waals surface area contributed by atoms with Crippen LogP contribution in [-0.2, 0) is 30.3 Å². The van der Waals surface area contributed by atoms with E-state index < -0.39 is 41.6 Å². The number of hydrogen-bond acceptors (Lipinski definition) is 6. The van der Waals surface area contributed by atoms with Gasteiger partial charge in [0.25, 0.3) is 0 Å². The lowest BCUT2D eigenvalue weighted by Gasteiger charge is -2.43. The van der Waals surface area contributed by atoms with Gasteiger partial charge >= 0.3 is 12.1 Å². The van der Waals surface area contributed by atoms with Gasteiger partial charge in [-0.25, -0.2) is 4.79 Å². The number of hydrogen-bond donors (Lipinski definition) is 2. The molecule has 210 valence electrons. The van der Waals surface area contributed by atoms with Crippen molar-refractivity contribution in [1.29, 1.82) is 0 Å². The highest BCUT2D eigenvalue weighted by Gasteiger charge is 2.42. The van der Waals surface area contributed by atoms with Crippen LogP contribution in [0.25, 0.3) is 0 Å². The van der Waals surface area contributed by atoms with Gasteiger partial charge in [0.05, 0.1) is 7.11 Å². The van der Waals surface area contributed by atoms with Crippen LogP contribution in [0.4, 0.5) is 4.79 Å². The third-order valence-electron chi connectivity index (χ3n) is 6.51. The number of nitrogens with one attached hydrogen (secondary N) is 2. The minimum absolute atomic E-state index is 0.203. The van der Waals surface area contributed by atoms with Gasteiger partial charge in [0.2, 0.25) is 11.8 Å². The highest BCUT2D eigenvalue weighted by atomic mass is 16.6. The van der Waals surface area contributed by atoms with Crippen LogP contribution in [0.1, 0.15) is 62.8 Å². The van der Waals surface area contributed by atoms with E-state index in [-0.39, 0.29) is 19.0 Å². The van der Waals surface area contributed by atoms with Gasteiger partial charge in [-0.15, -0.1) is 0 Å². The summed E-state index contributed by atoms with van der Waals surface area (Å²) >= 11 is 0. The molecule has 0 heterocycles. The number of alkyl carbamates (subject to hydrolysis) is 1. The average Bonchev–Trinajstić information content (AvgIpc) is 2.84. The second-order valence-corrected chi connectivity index (χ2v) is 10.8. The first kappa shape index (κ1) is 29.7. The molecule has 1 aliphatic carbocycles. The Hall–Kier alpha value is -3.88. The predicted molar refractivity (Wildman–Crippen MR) is 147 cm³/mol. The summed E-state index contributed by atoms with van der Waals surface area (Å²) in [5.74, 6) is -1.49. The SMILES string of the molecule is COC(=O)CNC(=O)C(c1cccc(C)c1)N(C(=O)C(Cc1ccccc1)NC(=O)OC(C)(C)C)C1CCC1. The lowest BCUT2D eigenvalue weighted by molar-refractivity contribution is -0.148. The standard InChI is InChI=1S/C30H39N3O6/c1-20-11-9-14-22(17-20)26(27(35)31-19-25(34)38-5)33(23-15-10-16-23)28(36)24(18-21-12-7-6-8-13-21)32-29(37)39-30(2,3)4/h6-9,11-14,17,23-24,26H,10,15-16,18-19H2,1-5H3,(H,31,35)(H,32,37). The zero-order valence-corrected chi connectivity index (χ0v) is 23.4. The number of amides is 3. The Morgan fingerprint density at radius 3 is 2.28 bits per heavy atom. The number of rotatable bonds is 10. The molecule has 3 amide bonds. The maximum Gasteiger partial charge on any atom is 0.408 e. The average molecular weight is 538 g/mol. The molecule has 0 aromatic heterocycles. The fraction of sp³-hybridized carbons (Fsp3) is 0.467. The van der Waals surface area contributed by atoms with E-state index in [1.807, 2.05) is 55.5 Å². The highest BCUT2D eigenvalue weighted by Crippen LogP contribution is 2.34. The Labute approximate surface area is 230 Å². The summed E-state index contributed by atoms with van der Waals surface area (Å²) in [6.07, 6.45) is 1.87. The second kappa shape index (κ2) is 13.3. The van der Waals surface area contributed by atoms with Crippen LogP contribution in [-0.4, -0.2) is 60.1 Å². The normalized spacial score (nSPS) is 14.8. The maximum atomic E-state index is 14.4. The van der Waals surface area contributed by atoms with Crippen molar-refractivity contribution in [3.8, 4) is 0 Å². The summed E-state index contributed by atoms with van der Waals surface area (Å²) in [4.78, 5) is 54.2. The molecule has 9 nitrogen and oxygen atoms in total. The zero-order valence-electron chi connectivity index (χ0n) is 23.4. The molecular weight excluding hydrogens is 498 g/mol. The first-order valence-electron chi connectivity index (χ1n) is 13.2. The van der Waals surface area contributed by atoms with Crippen LogP contribution in [0.3, 0.4) is 0 Å². The van der Waals surface area contributed by atoms with Crippen LogP contribution < -0.4 is 10.6 Å². The van der Waals surface area contributed by atoms with Crippen molar-refractivity contribution in [3.63, 3.8) is 0 Å². The number of nitrogens with zero attached hydrogens (tertiary/aromatic N) is 1. The van der Waals surface area contributed by atoms with Gasteiger partial charge < -0.3 is 25.0 Å². The summed E-state index contributed by atoms with van der Waals surface area (Å²) in [6.45, 7) is 6.83. The number of carbonyl (C=O) groups excluding carboxylic acids is 4. The molecule has 0 radical (unpaired) electrons. The van der Waals surface area contributed by atoms with Gasteiger partial charge in [-0.1, -0.05) is 60.2 Å². The lowest BCUT2D eigenvalue weighted by atomic mass is 9.87. The summed E-state index contributed by atoms with van der Waals surface area (Å²) in [6, 6.07) is 14.6. The van der Waals surface area contributed by atoms with E-state index in [4.69, 9.17) is 4.74 Å². The third kappa shape index (κ3) is 8.56. The second-order valence-electron chi connectivity index (χ2n) is 10.8. The molecule has 2 unspecified atom stereocenters. The number of ether oxygens (including phenoxy) is 2. The fourth-order valence-electron chi connectivity index (χ4n) is 4.47. The Bertz CT molecular complexity index is 1160. The molecule has 3 rings (SSSR count). The predicted octanol–water partition coefficient (Wildman–Crippen LogP) is 3.84. The number of benzene rings is 2. The van der Waals surface area contributed by atoms with Crippen molar-refractivity contribution in [2.75, 3.05) is 13.7 Å². The molecule has 2 atom stereocenters. The maximum absolute atomic E-state index is 14.4. The van der Waals surface area contributed by atoms with Gasteiger partial charge in [0, 0.05) is 12.5 Å². The minimum Gasteiger partial charge on any atom is -0.468 e. The molecule has 2 N–H and O–H groups in total. The molecule has 9 heteroatoms. The molecule has 1 saturated carbocycles. The zero-order chi connectivity index (χ0) is 28.6. The lowest BCUT2D eigenvalue weighted by Crippen LogP contribution is -2.58. The van der Waals surface area contributed by atoms with E-state index in [1.165, 1.54) is 7.11 Å². The number of carbonyl (C=O) groups is 4. The molecule has 0 saturated heterocycles. The molecule has 39 heavy (non-hydrogen) atoms. The van der Waals surface area contributed by atoms with Gasteiger partial charge in [0.15, 0.2) is 0 Å². The van der Waals surface area contributed by atoms with Crippen LogP contribution >= 0.6 is 0 Å². The van der Waals surface area contributed by atoms with Crippen LogP contribution in [0.5, 0.6) is 0 Å². The monoisotopic (exact) mass is 537 g/mol. The molecule has 2 aromatic carbocycles. The van der Waals surface area contributed by atoms with E-state index in [0.29, 0.717) is 5.56 Å². The van der Waals surface area contributed by atoms with Crippen LogP contribution in [0.15, 0.2) is 54.6 Å². The quantitative estimate of drug-likeness (QED) is 0.445. The molecule has 0 bridgehead atoms. The number of methoxy groups -OCH3 is 1. The Morgan fingerprint density at radius 1 is 1.03 bits per heavy atom. The minimum atomic E-state index is -1.01. The van der Waals surface area contributed by atoms with Crippen LogP contribution in [0.2, 0.25) is 0 Å². The molecule has 0 aliphatic heterocycles. The number of aryl methyl sites for hydroxylation is 1. The summed E-state index contributed by atoms with van der Waals surface area (Å²) in [5, 5.41) is 5.39. The largest absolute Gasteiger partial charge is 0.468 e.